The highest BCUT2D eigenvalue weighted by molar-refractivity contribution is 6.29. The number of nitrogens with zero attached hydrogens (tertiary/aromatic N) is 2. The topological polar surface area (TPSA) is 37.8 Å². The Balaban J connectivity index is 2.20. The van der Waals surface area contributed by atoms with Crippen molar-refractivity contribution in [3.63, 3.8) is 0 Å². The van der Waals surface area contributed by atoms with Gasteiger partial charge in [-0.15, -0.1) is 0 Å². The molecule has 0 fully saturated rings. The van der Waals surface area contributed by atoms with Crippen LogP contribution in [0.2, 0.25) is 5.15 Å². The summed E-state index contributed by atoms with van der Waals surface area (Å²) in [5.74, 6) is 1.44. The van der Waals surface area contributed by atoms with E-state index < -0.39 is 0 Å². The van der Waals surface area contributed by atoms with E-state index in [9.17, 15) is 0 Å². The lowest BCUT2D eigenvalue weighted by Crippen LogP contribution is -2.11. The van der Waals surface area contributed by atoms with E-state index in [2.05, 4.69) is 34.3 Å². The van der Waals surface area contributed by atoms with Gasteiger partial charge in [0.25, 0.3) is 0 Å². The molecule has 1 heterocycles. The molecule has 1 unspecified atom stereocenters. The zero-order chi connectivity index (χ0) is 13.0. The highest BCUT2D eigenvalue weighted by atomic mass is 35.5. The van der Waals surface area contributed by atoms with Crippen LogP contribution in [-0.2, 0) is 0 Å². The first-order valence-electron chi connectivity index (χ1n) is 6.01. The maximum absolute atomic E-state index is 5.93. The molecule has 0 bridgehead atoms. The van der Waals surface area contributed by atoms with Gasteiger partial charge in [0.05, 0.1) is 6.04 Å². The number of anilines is 1. The third-order valence-electron chi connectivity index (χ3n) is 2.74. The van der Waals surface area contributed by atoms with Crippen LogP contribution in [0.25, 0.3) is 0 Å². The van der Waals surface area contributed by atoms with Crippen molar-refractivity contribution < 1.29 is 0 Å². The van der Waals surface area contributed by atoms with E-state index in [1.807, 2.05) is 25.1 Å². The van der Waals surface area contributed by atoms with E-state index in [1.165, 1.54) is 5.56 Å². The lowest BCUT2D eigenvalue weighted by Gasteiger charge is -2.18. The predicted molar refractivity (Wildman–Crippen MR) is 74.9 cm³/mol. The second kappa shape index (κ2) is 5.83. The minimum atomic E-state index is 0.233. The van der Waals surface area contributed by atoms with Gasteiger partial charge in [-0.05, 0) is 18.9 Å². The second-order valence-electron chi connectivity index (χ2n) is 4.14. The van der Waals surface area contributed by atoms with Gasteiger partial charge in [-0.3, -0.25) is 0 Å². The molecule has 0 saturated carbocycles. The first kappa shape index (κ1) is 12.8. The number of hydrogen-bond acceptors (Lipinski definition) is 3. The Labute approximate surface area is 112 Å². The third kappa shape index (κ3) is 3.20. The summed E-state index contributed by atoms with van der Waals surface area (Å²) in [5.41, 5.74) is 1.24. The quantitative estimate of drug-likeness (QED) is 0.846. The molecule has 2 aromatic rings. The van der Waals surface area contributed by atoms with Gasteiger partial charge in [0.2, 0.25) is 0 Å². The number of rotatable bonds is 4. The van der Waals surface area contributed by atoms with Crippen LogP contribution in [-0.4, -0.2) is 9.97 Å². The SMILES string of the molecule is CCC(Nc1cc(Cl)nc(C)n1)c1ccccc1. The standard InChI is InChI=1S/C14H16ClN3/c1-3-12(11-7-5-4-6-8-11)18-14-9-13(15)16-10(2)17-14/h4-9,12H,3H2,1-2H3,(H,16,17,18). The van der Waals surface area contributed by atoms with Gasteiger partial charge in [-0.1, -0.05) is 48.9 Å². The molecule has 0 aliphatic rings. The van der Waals surface area contributed by atoms with Crippen LogP contribution in [0.1, 0.15) is 30.8 Å². The van der Waals surface area contributed by atoms with E-state index in [-0.39, 0.29) is 6.04 Å². The van der Waals surface area contributed by atoms with Crippen LogP contribution >= 0.6 is 11.6 Å². The van der Waals surface area contributed by atoms with Crippen LogP contribution in [0.5, 0.6) is 0 Å². The summed E-state index contributed by atoms with van der Waals surface area (Å²) in [5, 5.41) is 3.86. The molecular weight excluding hydrogens is 246 g/mol. The first-order chi connectivity index (χ1) is 8.69. The Hall–Kier alpha value is -1.61. The number of hydrogen-bond donors (Lipinski definition) is 1. The molecule has 2 rings (SSSR count). The summed E-state index contributed by atoms with van der Waals surface area (Å²) < 4.78 is 0. The van der Waals surface area contributed by atoms with Crippen LogP contribution in [0.4, 0.5) is 5.82 Å². The van der Waals surface area contributed by atoms with Gasteiger partial charge in [0.15, 0.2) is 0 Å². The second-order valence-corrected chi connectivity index (χ2v) is 4.53. The summed E-state index contributed by atoms with van der Waals surface area (Å²) in [6.45, 7) is 3.97. The van der Waals surface area contributed by atoms with Crippen LogP contribution in [0.3, 0.4) is 0 Å². The van der Waals surface area contributed by atoms with Crippen molar-refractivity contribution in [2.75, 3.05) is 5.32 Å². The fourth-order valence-corrected chi connectivity index (χ4v) is 2.12. The summed E-state index contributed by atoms with van der Waals surface area (Å²) in [6, 6.07) is 12.3. The molecule has 1 aromatic heterocycles. The number of aromatic nitrogens is 2. The van der Waals surface area contributed by atoms with Crippen molar-refractivity contribution in [3.8, 4) is 0 Å². The molecule has 0 radical (unpaired) electrons. The molecule has 0 spiro atoms. The number of nitrogens with one attached hydrogen (secondary N) is 1. The van der Waals surface area contributed by atoms with Crippen molar-refractivity contribution >= 4 is 17.4 Å². The van der Waals surface area contributed by atoms with E-state index in [4.69, 9.17) is 11.6 Å². The van der Waals surface area contributed by atoms with Gasteiger partial charge in [0.1, 0.15) is 16.8 Å². The van der Waals surface area contributed by atoms with Crippen molar-refractivity contribution in [1.82, 2.24) is 9.97 Å². The Kier molecular flexibility index (Phi) is 4.15. The lowest BCUT2D eigenvalue weighted by molar-refractivity contribution is 0.742. The monoisotopic (exact) mass is 261 g/mol. The summed E-state index contributed by atoms with van der Waals surface area (Å²) in [6.07, 6.45) is 0.977. The minimum absolute atomic E-state index is 0.233. The molecule has 0 amide bonds. The maximum atomic E-state index is 5.93. The normalized spacial score (nSPS) is 12.2. The Morgan fingerprint density at radius 1 is 1.22 bits per heavy atom. The van der Waals surface area contributed by atoms with Crippen molar-refractivity contribution in [1.29, 1.82) is 0 Å². The Morgan fingerprint density at radius 3 is 2.56 bits per heavy atom. The van der Waals surface area contributed by atoms with E-state index in [0.29, 0.717) is 11.0 Å². The van der Waals surface area contributed by atoms with Gasteiger partial charge >= 0.3 is 0 Å². The van der Waals surface area contributed by atoms with E-state index in [1.54, 1.807) is 6.07 Å². The Morgan fingerprint density at radius 2 is 1.94 bits per heavy atom. The highest BCUT2D eigenvalue weighted by Gasteiger charge is 2.10. The smallest absolute Gasteiger partial charge is 0.134 e. The summed E-state index contributed by atoms with van der Waals surface area (Å²) in [7, 11) is 0. The molecule has 1 atom stereocenters. The van der Waals surface area contributed by atoms with Gasteiger partial charge in [-0.2, -0.15) is 0 Å². The van der Waals surface area contributed by atoms with Crippen molar-refractivity contribution in [3.05, 3.63) is 52.9 Å². The summed E-state index contributed by atoms with van der Waals surface area (Å²) in [4.78, 5) is 8.40. The van der Waals surface area contributed by atoms with Crippen LogP contribution in [0, 0.1) is 6.92 Å². The molecule has 1 N–H and O–H groups in total. The first-order valence-corrected chi connectivity index (χ1v) is 6.39. The zero-order valence-corrected chi connectivity index (χ0v) is 11.3. The lowest BCUT2D eigenvalue weighted by atomic mass is 10.0. The molecule has 0 aliphatic carbocycles. The number of halogens is 1. The van der Waals surface area contributed by atoms with Gasteiger partial charge in [0, 0.05) is 6.07 Å². The van der Waals surface area contributed by atoms with Gasteiger partial charge in [-0.25, -0.2) is 9.97 Å². The fraction of sp³-hybridized carbons (Fsp3) is 0.286. The van der Waals surface area contributed by atoms with Crippen LogP contribution < -0.4 is 5.32 Å². The van der Waals surface area contributed by atoms with Crippen molar-refractivity contribution in [2.45, 2.75) is 26.3 Å². The maximum Gasteiger partial charge on any atom is 0.134 e. The van der Waals surface area contributed by atoms with E-state index >= 15 is 0 Å². The molecule has 0 aliphatic heterocycles. The molecule has 3 nitrogen and oxygen atoms in total. The minimum Gasteiger partial charge on any atom is -0.363 e. The van der Waals surface area contributed by atoms with Crippen LogP contribution in [0.15, 0.2) is 36.4 Å². The van der Waals surface area contributed by atoms with E-state index in [0.717, 1.165) is 12.2 Å². The molecule has 94 valence electrons. The largest absolute Gasteiger partial charge is 0.363 e. The fourth-order valence-electron chi connectivity index (χ4n) is 1.89. The molecule has 0 saturated heterocycles. The highest BCUT2D eigenvalue weighted by Crippen LogP contribution is 2.22. The average Bonchev–Trinajstić information content (AvgIpc) is 2.36. The van der Waals surface area contributed by atoms with Crippen molar-refractivity contribution in [2.24, 2.45) is 0 Å². The number of benzene rings is 1. The summed E-state index contributed by atoms with van der Waals surface area (Å²) >= 11 is 5.93. The Bertz CT molecular complexity index is 493. The average molecular weight is 262 g/mol. The van der Waals surface area contributed by atoms with Gasteiger partial charge < -0.3 is 5.32 Å². The zero-order valence-electron chi connectivity index (χ0n) is 10.5. The predicted octanol–water partition coefficient (Wildman–Crippen LogP) is 4.00. The molecule has 18 heavy (non-hydrogen) atoms. The third-order valence-corrected chi connectivity index (χ3v) is 2.93. The molecular formula is C14H16ClN3. The molecule has 1 aromatic carbocycles. The molecule has 4 heteroatoms. The number of aryl methyl sites for hydroxylation is 1.